The van der Waals surface area contributed by atoms with E-state index in [2.05, 4.69) is 25.3 Å². The highest BCUT2D eigenvalue weighted by atomic mass is 16.5. The first-order valence-electron chi connectivity index (χ1n) is 8.42. The van der Waals surface area contributed by atoms with Crippen molar-refractivity contribution in [3.8, 4) is 0 Å². The van der Waals surface area contributed by atoms with Crippen LogP contribution in [0.15, 0.2) is 21.8 Å². The van der Waals surface area contributed by atoms with Crippen LogP contribution in [0.25, 0.3) is 0 Å². The third-order valence-corrected chi connectivity index (χ3v) is 4.53. The Bertz CT molecular complexity index is 461. The summed E-state index contributed by atoms with van der Waals surface area (Å²) in [7, 11) is 1.88. The molecule has 0 radical (unpaired) electrons. The SMILES string of the molecule is CN=C(NCCCC1CC1)N1CCN(Cc2ccon2)CC1. The van der Waals surface area contributed by atoms with Crippen molar-refractivity contribution in [2.24, 2.45) is 10.9 Å². The molecule has 1 aliphatic carbocycles. The van der Waals surface area contributed by atoms with Crippen molar-refractivity contribution < 1.29 is 4.52 Å². The molecule has 0 bridgehead atoms. The number of nitrogens with zero attached hydrogens (tertiary/aromatic N) is 4. The number of guanidine groups is 1. The Hall–Kier alpha value is -1.56. The Labute approximate surface area is 132 Å². The number of hydrogen-bond donors (Lipinski definition) is 1. The van der Waals surface area contributed by atoms with E-state index in [1.807, 2.05) is 13.1 Å². The van der Waals surface area contributed by atoms with Gasteiger partial charge in [-0.1, -0.05) is 18.0 Å². The molecular weight excluding hydrogens is 278 g/mol. The van der Waals surface area contributed by atoms with Crippen molar-refractivity contribution >= 4 is 5.96 Å². The minimum absolute atomic E-state index is 0.873. The van der Waals surface area contributed by atoms with Crippen molar-refractivity contribution in [1.29, 1.82) is 0 Å². The van der Waals surface area contributed by atoms with Crippen LogP contribution in [0.4, 0.5) is 0 Å². The standard InChI is InChI=1S/C16H27N5O/c1-17-16(18-7-2-3-14-4-5-14)21-10-8-20(9-11-21)13-15-6-12-22-19-15/h6,12,14H,2-5,7-11,13H2,1H3,(H,17,18). The molecule has 22 heavy (non-hydrogen) atoms. The number of nitrogens with one attached hydrogen (secondary N) is 1. The number of aliphatic imine (C=N–C) groups is 1. The van der Waals surface area contributed by atoms with E-state index in [9.17, 15) is 0 Å². The van der Waals surface area contributed by atoms with E-state index in [0.717, 1.165) is 56.8 Å². The van der Waals surface area contributed by atoms with Crippen LogP contribution in [0.1, 0.15) is 31.4 Å². The van der Waals surface area contributed by atoms with Crippen LogP contribution in [0, 0.1) is 5.92 Å². The Balaban J connectivity index is 1.36. The molecular formula is C16H27N5O. The molecule has 122 valence electrons. The average Bonchev–Trinajstić information content (AvgIpc) is 3.23. The fourth-order valence-corrected chi connectivity index (χ4v) is 3.00. The van der Waals surface area contributed by atoms with Gasteiger partial charge in [-0.2, -0.15) is 0 Å². The van der Waals surface area contributed by atoms with Gasteiger partial charge >= 0.3 is 0 Å². The van der Waals surface area contributed by atoms with Gasteiger partial charge in [-0.25, -0.2) is 0 Å². The molecule has 1 saturated carbocycles. The maximum absolute atomic E-state index is 4.89. The van der Waals surface area contributed by atoms with Gasteiger partial charge < -0.3 is 14.7 Å². The van der Waals surface area contributed by atoms with Gasteiger partial charge in [0.15, 0.2) is 5.96 Å². The van der Waals surface area contributed by atoms with Crippen LogP contribution in [0.2, 0.25) is 0 Å². The molecule has 0 amide bonds. The minimum atomic E-state index is 0.873. The lowest BCUT2D eigenvalue weighted by atomic mass is 10.2. The molecule has 1 saturated heterocycles. The van der Waals surface area contributed by atoms with Crippen LogP contribution in [-0.2, 0) is 6.54 Å². The Kier molecular flexibility index (Phi) is 5.32. The van der Waals surface area contributed by atoms with Crippen LogP contribution in [0.3, 0.4) is 0 Å². The van der Waals surface area contributed by atoms with Gasteiger partial charge in [-0.05, 0) is 18.8 Å². The quantitative estimate of drug-likeness (QED) is 0.491. The second-order valence-corrected chi connectivity index (χ2v) is 6.31. The number of hydrogen-bond acceptors (Lipinski definition) is 4. The molecule has 1 aliphatic heterocycles. The summed E-state index contributed by atoms with van der Waals surface area (Å²) in [4.78, 5) is 9.20. The third kappa shape index (κ3) is 4.47. The van der Waals surface area contributed by atoms with Crippen LogP contribution < -0.4 is 5.32 Å². The van der Waals surface area contributed by atoms with Gasteiger partial charge in [0, 0.05) is 52.4 Å². The van der Waals surface area contributed by atoms with Gasteiger partial charge in [0.25, 0.3) is 0 Å². The van der Waals surface area contributed by atoms with Crippen molar-refractivity contribution in [2.45, 2.75) is 32.2 Å². The normalized spacial score (nSPS) is 20.4. The first-order valence-corrected chi connectivity index (χ1v) is 8.42. The van der Waals surface area contributed by atoms with E-state index < -0.39 is 0 Å². The van der Waals surface area contributed by atoms with Crippen LogP contribution in [-0.4, -0.2) is 60.7 Å². The maximum Gasteiger partial charge on any atom is 0.193 e. The zero-order valence-corrected chi connectivity index (χ0v) is 13.5. The van der Waals surface area contributed by atoms with E-state index >= 15 is 0 Å². The lowest BCUT2D eigenvalue weighted by Crippen LogP contribution is -2.52. The first-order chi connectivity index (χ1) is 10.8. The molecule has 0 spiro atoms. The summed E-state index contributed by atoms with van der Waals surface area (Å²) in [5.74, 6) is 2.07. The Morgan fingerprint density at radius 3 is 2.82 bits per heavy atom. The molecule has 2 aliphatic rings. The van der Waals surface area contributed by atoms with Crippen molar-refractivity contribution in [3.63, 3.8) is 0 Å². The van der Waals surface area contributed by atoms with Crippen LogP contribution >= 0.6 is 0 Å². The van der Waals surface area contributed by atoms with E-state index in [4.69, 9.17) is 4.52 Å². The molecule has 2 heterocycles. The molecule has 6 heteroatoms. The molecule has 1 aromatic heterocycles. The lowest BCUT2D eigenvalue weighted by molar-refractivity contribution is 0.169. The maximum atomic E-state index is 4.89. The highest BCUT2D eigenvalue weighted by molar-refractivity contribution is 5.79. The molecule has 1 N–H and O–H groups in total. The van der Waals surface area contributed by atoms with E-state index in [1.165, 1.54) is 25.7 Å². The lowest BCUT2D eigenvalue weighted by Gasteiger charge is -2.36. The minimum Gasteiger partial charge on any atom is -0.364 e. The van der Waals surface area contributed by atoms with Crippen molar-refractivity contribution in [3.05, 3.63) is 18.0 Å². The summed E-state index contributed by atoms with van der Waals surface area (Å²) in [6.07, 6.45) is 7.16. The summed E-state index contributed by atoms with van der Waals surface area (Å²) in [5.41, 5.74) is 1.01. The summed E-state index contributed by atoms with van der Waals surface area (Å²) in [6.45, 7) is 6.02. The van der Waals surface area contributed by atoms with E-state index in [-0.39, 0.29) is 0 Å². The second kappa shape index (κ2) is 7.63. The smallest absolute Gasteiger partial charge is 0.193 e. The van der Waals surface area contributed by atoms with Crippen molar-refractivity contribution in [1.82, 2.24) is 20.3 Å². The van der Waals surface area contributed by atoms with E-state index in [1.54, 1.807) is 6.26 Å². The van der Waals surface area contributed by atoms with E-state index in [0.29, 0.717) is 0 Å². The fraction of sp³-hybridized carbons (Fsp3) is 0.750. The largest absolute Gasteiger partial charge is 0.364 e. The predicted molar refractivity (Wildman–Crippen MR) is 86.7 cm³/mol. The molecule has 6 nitrogen and oxygen atoms in total. The average molecular weight is 305 g/mol. The number of rotatable bonds is 6. The zero-order chi connectivity index (χ0) is 15.2. The number of aromatic nitrogens is 1. The summed E-state index contributed by atoms with van der Waals surface area (Å²) in [6, 6.07) is 1.94. The highest BCUT2D eigenvalue weighted by Crippen LogP contribution is 2.33. The van der Waals surface area contributed by atoms with Gasteiger partial charge in [0.05, 0.1) is 5.69 Å². The van der Waals surface area contributed by atoms with Gasteiger partial charge in [-0.15, -0.1) is 0 Å². The monoisotopic (exact) mass is 305 g/mol. The highest BCUT2D eigenvalue weighted by Gasteiger charge is 2.21. The molecule has 0 unspecified atom stereocenters. The summed E-state index contributed by atoms with van der Waals surface area (Å²) >= 11 is 0. The molecule has 0 atom stereocenters. The zero-order valence-electron chi connectivity index (χ0n) is 13.5. The fourth-order valence-electron chi connectivity index (χ4n) is 3.00. The summed E-state index contributed by atoms with van der Waals surface area (Å²) < 4.78 is 4.89. The molecule has 3 rings (SSSR count). The topological polar surface area (TPSA) is 56.9 Å². The van der Waals surface area contributed by atoms with Gasteiger partial charge in [0.2, 0.25) is 0 Å². The summed E-state index contributed by atoms with van der Waals surface area (Å²) in [5, 5.41) is 7.50. The van der Waals surface area contributed by atoms with Crippen molar-refractivity contribution in [2.75, 3.05) is 39.8 Å². The van der Waals surface area contributed by atoms with Gasteiger partial charge in [-0.3, -0.25) is 9.89 Å². The molecule has 2 fully saturated rings. The molecule has 0 aromatic carbocycles. The second-order valence-electron chi connectivity index (χ2n) is 6.31. The van der Waals surface area contributed by atoms with Gasteiger partial charge in [0.1, 0.15) is 6.26 Å². The number of piperazine rings is 1. The predicted octanol–water partition coefficient (Wildman–Crippen LogP) is 1.56. The first kappa shape index (κ1) is 15.3. The van der Waals surface area contributed by atoms with Crippen LogP contribution in [0.5, 0.6) is 0 Å². The molecule has 1 aromatic rings. The Morgan fingerprint density at radius 1 is 1.36 bits per heavy atom. The Morgan fingerprint density at radius 2 is 2.18 bits per heavy atom. The third-order valence-electron chi connectivity index (χ3n) is 4.53.